The summed E-state index contributed by atoms with van der Waals surface area (Å²) in [4.78, 5) is 11.9. The van der Waals surface area contributed by atoms with Gasteiger partial charge in [0.2, 0.25) is 0 Å². The maximum absolute atomic E-state index is 11.9. The lowest BCUT2D eigenvalue weighted by molar-refractivity contribution is -0.128. The smallest absolute Gasteiger partial charge is 0.138 e. The highest BCUT2D eigenvalue weighted by Gasteiger charge is 2.29. The predicted molar refractivity (Wildman–Crippen MR) is 62.3 cm³/mol. The number of carbonyl (C=O) groups is 1. The van der Waals surface area contributed by atoms with Crippen molar-refractivity contribution in [2.24, 2.45) is 16.7 Å². The van der Waals surface area contributed by atoms with Crippen LogP contribution in [-0.2, 0) is 4.79 Å². The van der Waals surface area contributed by atoms with E-state index in [2.05, 4.69) is 27.7 Å². The summed E-state index contributed by atoms with van der Waals surface area (Å²) in [6, 6.07) is 0. The maximum Gasteiger partial charge on any atom is 0.138 e. The molecule has 14 heavy (non-hydrogen) atoms. The Balaban J connectivity index is 4.30. The van der Waals surface area contributed by atoms with Gasteiger partial charge in [-0.2, -0.15) is 0 Å². The summed E-state index contributed by atoms with van der Waals surface area (Å²) in [5.74, 6) is 1.04. The fourth-order valence-corrected chi connectivity index (χ4v) is 1.88. The zero-order valence-electron chi connectivity index (χ0n) is 10.9. The van der Waals surface area contributed by atoms with E-state index < -0.39 is 0 Å². The van der Waals surface area contributed by atoms with Crippen molar-refractivity contribution in [1.82, 2.24) is 0 Å². The van der Waals surface area contributed by atoms with Gasteiger partial charge in [-0.05, 0) is 17.8 Å². The van der Waals surface area contributed by atoms with E-state index in [9.17, 15) is 4.79 Å². The van der Waals surface area contributed by atoms with Crippen molar-refractivity contribution < 1.29 is 4.79 Å². The standard InChI is InChI=1S/C13H26O/c1-10(2)8-13(6,7)9-11(14)12(3,4)5/h10H,8-9H2,1-7H3. The second-order valence-electron chi connectivity index (χ2n) is 6.61. The molecule has 0 radical (unpaired) electrons. The predicted octanol–water partition coefficient (Wildman–Crippen LogP) is 4.06. The summed E-state index contributed by atoms with van der Waals surface area (Å²) >= 11 is 0. The Labute approximate surface area is 89.3 Å². The fourth-order valence-electron chi connectivity index (χ4n) is 1.88. The van der Waals surface area contributed by atoms with Crippen LogP contribution in [0, 0.1) is 16.7 Å². The van der Waals surface area contributed by atoms with Crippen LogP contribution in [0.3, 0.4) is 0 Å². The average Bonchev–Trinajstić information content (AvgIpc) is 1.79. The SMILES string of the molecule is CC(C)CC(C)(C)CC(=O)C(C)(C)C. The lowest BCUT2D eigenvalue weighted by atomic mass is 9.75. The van der Waals surface area contributed by atoms with Crippen molar-refractivity contribution in [3.8, 4) is 0 Å². The molecule has 0 aromatic heterocycles. The molecule has 1 heteroatoms. The van der Waals surface area contributed by atoms with Crippen molar-refractivity contribution >= 4 is 5.78 Å². The minimum absolute atomic E-state index is 0.151. The number of hydrogen-bond donors (Lipinski definition) is 0. The molecule has 0 rings (SSSR count). The summed E-state index contributed by atoms with van der Waals surface area (Å²) in [6.45, 7) is 14.8. The molecular formula is C13H26O. The first kappa shape index (κ1) is 13.7. The second kappa shape index (κ2) is 4.46. The Morgan fingerprint density at radius 3 is 1.79 bits per heavy atom. The lowest BCUT2D eigenvalue weighted by Crippen LogP contribution is -2.27. The van der Waals surface area contributed by atoms with Crippen LogP contribution in [0.25, 0.3) is 0 Å². The van der Waals surface area contributed by atoms with Crippen LogP contribution in [0.2, 0.25) is 0 Å². The van der Waals surface area contributed by atoms with Gasteiger partial charge in [0.05, 0.1) is 0 Å². The van der Waals surface area contributed by atoms with Crippen molar-refractivity contribution in [1.29, 1.82) is 0 Å². The van der Waals surface area contributed by atoms with Gasteiger partial charge in [0, 0.05) is 11.8 Å². The van der Waals surface area contributed by atoms with Crippen molar-refractivity contribution in [2.45, 2.75) is 61.3 Å². The summed E-state index contributed by atoms with van der Waals surface area (Å²) in [5.41, 5.74) is -0.0349. The molecule has 0 spiro atoms. The van der Waals surface area contributed by atoms with E-state index in [0.29, 0.717) is 18.1 Å². The average molecular weight is 198 g/mol. The lowest BCUT2D eigenvalue weighted by Gasteiger charge is -2.29. The Morgan fingerprint density at radius 2 is 1.50 bits per heavy atom. The molecule has 0 fully saturated rings. The van der Waals surface area contributed by atoms with Crippen molar-refractivity contribution in [2.75, 3.05) is 0 Å². The summed E-state index contributed by atoms with van der Waals surface area (Å²) in [7, 11) is 0. The summed E-state index contributed by atoms with van der Waals surface area (Å²) in [6.07, 6.45) is 1.82. The number of hydrogen-bond acceptors (Lipinski definition) is 1. The third-order valence-electron chi connectivity index (χ3n) is 2.44. The van der Waals surface area contributed by atoms with Gasteiger partial charge in [-0.1, -0.05) is 48.5 Å². The molecule has 0 aliphatic rings. The third-order valence-corrected chi connectivity index (χ3v) is 2.44. The zero-order chi connectivity index (χ0) is 11.6. The molecular weight excluding hydrogens is 172 g/mol. The van der Waals surface area contributed by atoms with E-state index in [0.717, 1.165) is 6.42 Å². The van der Waals surface area contributed by atoms with E-state index in [1.807, 2.05) is 20.8 Å². The van der Waals surface area contributed by atoms with Crippen molar-refractivity contribution in [3.05, 3.63) is 0 Å². The first-order chi connectivity index (χ1) is 6.04. The van der Waals surface area contributed by atoms with Crippen LogP contribution in [0.15, 0.2) is 0 Å². The Bertz CT molecular complexity index is 194. The number of carbonyl (C=O) groups excluding carboxylic acids is 1. The molecule has 0 atom stereocenters. The molecule has 1 nitrogen and oxygen atoms in total. The van der Waals surface area contributed by atoms with Crippen LogP contribution in [-0.4, -0.2) is 5.78 Å². The first-order valence-electron chi connectivity index (χ1n) is 5.58. The molecule has 0 N–H and O–H groups in total. The minimum atomic E-state index is -0.186. The molecule has 0 amide bonds. The first-order valence-corrected chi connectivity index (χ1v) is 5.58. The molecule has 0 unspecified atom stereocenters. The quantitative estimate of drug-likeness (QED) is 0.665. The topological polar surface area (TPSA) is 17.1 Å². The molecule has 0 aromatic carbocycles. The highest BCUT2D eigenvalue weighted by molar-refractivity contribution is 5.84. The van der Waals surface area contributed by atoms with Gasteiger partial charge in [0.1, 0.15) is 5.78 Å². The molecule has 0 aromatic rings. The highest BCUT2D eigenvalue weighted by atomic mass is 16.1. The molecule has 84 valence electrons. The van der Waals surface area contributed by atoms with Crippen LogP contribution in [0.4, 0.5) is 0 Å². The van der Waals surface area contributed by atoms with E-state index in [4.69, 9.17) is 0 Å². The number of ketones is 1. The van der Waals surface area contributed by atoms with Gasteiger partial charge in [0.15, 0.2) is 0 Å². The Kier molecular flexibility index (Phi) is 4.35. The van der Waals surface area contributed by atoms with Crippen LogP contribution < -0.4 is 0 Å². The van der Waals surface area contributed by atoms with Crippen LogP contribution >= 0.6 is 0 Å². The van der Waals surface area contributed by atoms with Gasteiger partial charge in [-0.3, -0.25) is 4.79 Å². The minimum Gasteiger partial charge on any atom is -0.299 e. The van der Waals surface area contributed by atoms with Gasteiger partial charge in [0.25, 0.3) is 0 Å². The normalized spacial score (nSPS) is 13.4. The van der Waals surface area contributed by atoms with Gasteiger partial charge in [-0.25, -0.2) is 0 Å². The van der Waals surface area contributed by atoms with Crippen LogP contribution in [0.5, 0.6) is 0 Å². The molecule has 0 bridgehead atoms. The third kappa shape index (κ3) is 5.41. The van der Waals surface area contributed by atoms with E-state index in [1.165, 1.54) is 0 Å². The molecule has 0 heterocycles. The van der Waals surface area contributed by atoms with Gasteiger partial charge in [-0.15, -0.1) is 0 Å². The highest BCUT2D eigenvalue weighted by Crippen LogP contribution is 2.32. The molecule has 0 aliphatic carbocycles. The zero-order valence-corrected chi connectivity index (χ0v) is 10.9. The maximum atomic E-state index is 11.9. The summed E-state index contributed by atoms with van der Waals surface area (Å²) < 4.78 is 0. The molecule has 0 saturated carbocycles. The van der Waals surface area contributed by atoms with Crippen molar-refractivity contribution in [3.63, 3.8) is 0 Å². The van der Waals surface area contributed by atoms with E-state index in [-0.39, 0.29) is 10.8 Å². The number of rotatable bonds is 4. The Hall–Kier alpha value is -0.330. The summed E-state index contributed by atoms with van der Waals surface area (Å²) in [5, 5.41) is 0. The van der Waals surface area contributed by atoms with Crippen LogP contribution in [0.1, 0.15) is 61.3 Å². The Morgan fingerprint density at radius 1 is 1.07 bits per heavy atom. The largest absolute Gasteiger partial charge is 0.299 e. The van der Waals surface area contributed by atoms with E-state index >= 15 is 0 Å². The van der Waals surface area contributed by atoms with Gasteiger partial charge >= 0.3 is 0 Å². The fraction of sp³-hybridized carbons (Fsp3) is 0.923. The van der Waals surface area contributed by atoms with E-state index in [1.54, 1.807) is 0 Å². The molecule has 0 aliphatic heterocycles. The molecule has 0 saturated heterocycles. The van der Waals surface area contributed by atoms with Gasteiger partial charge < -0.3 is 0 Å². The monoisotopic (exact) mass is 198 g/mol. The number of Topliss-reactive ketones (excluding diaryl/α,β-unsaturated/α-hetero) is 1. The second-order valence-corrected chi connectivity index (χ2v) is 6.61.